The molecule has 2 rings (SSSR count). The molecule has 0 radical (unpaired) electrons. The summed E-state index contributed by atoms with van der Waals surface area (Å²) in [4.78, 5) is 0. The summed E-state index contributed by atoms with van der Waals surface area (Å²) in [5.41, 5.74) is 0. The van der Waals surface area contributed by atoms with Crippen molar-refractivity contribution in [2.45, 2.75) is 48.9 Å². The van der Waals surface area contributed by atoms with E-state index in [0.717, 1.165) is 0 Å². The van der Waals surface area contributed by atoms with Gasteiger partial charge in [-0.15, -0.1) is 46.4 Å². The molecule has 0 saturated heterocycles. The fourth-order valence-corrected chi connectivity index (χ4v) is 5.33. The van der Waals surface area contributed by atoms with Crippen LogP contribution >= 0.6 is 46.4 Å². The summed E-state index contributed by atoms with van der Waals surface area (Å²) in [6, 6.07) is 0. The molecule has 4 nitrogen and oxygen atoms in total. The van der Waals surface area contributed by atoms with Gasteiger partial charge in [-0.3, -0.25) is 0 Å². The Bertz CT molecular complexity index is 371. The molecular formula is C16H26Cl4O4. The minimum absolute atomic E-state index is 0.132. The van der Waals surface area contributed by atoms with Crippen molar-refractivity contribution in [3.8, 4) is 0 Å². The summed E-state index contributed by atoms with van der Waals surface area (Å²) in [5.74, 6) is -0.632. The zero-order chi connectivity index (χ0) is 18.1. The molecule has 2 saturated carbocycles. The Balaban J connectivity index is 2.12. The van der Waals surface area contributed by atoms with Gasteiger partial charge in [-0.05, 0) is 27.7 Å². The van der Waals surface area contributed by atoms with E-state index in [2.05, 4.69) is 0 Å². The van der Waals surface area contributed by atoms with Crippen LogP contribution < -0.4 is 0 Å². The van der Waals surface area contributed by atoms with E-state index in [4.69, 9.17) is 65.4 Å². The molecule has 2 aliphatic rings. The second kappa shape index (κ2) is 8.35. The van der Waals surface area contributed by atoms with Crippen LogP contribution in [0.4, 0.5) is 0 Å². The van der Waals surface area contributed by atoms with Gasteiger partial charge in [-0.25, -0.2) is 0 Å². The molecule has 0 bridgehead atoms. The molecule has 8 heteroatoms. The summed E-state index contributed by atoms with van der Waals surface area (Å²) in [6.07, 6.45) is -0.939. The van der Waals surface area contributed by atoms with Crippen LogP contribution in [0.5, 0.6) is 0 Å². The minimum atomic E-state index is -0.980. The Hall–Kier alpha value is 1.00. The van der Waals surface area contributed by atoms with E-state index in [1.54, 1.807) is 0 Å². The molecule has 0 spiro atoms. The van der Waals surface area contributed by atoms with Crippen molar-refractivity contribution in [3.05, 3.63) is 0 Å². The third-order valence-electron chi connectivity index (χ3n) is 4.63. The molecule has 142 valence electrons. The second-order valence-corrected chi connectivity index (χ2v) is 8.90. The topological polar surface area (TPSA) is 36.9 Å². The highest BCUT2D eigenvalue weighted by molar-refractivity contribution is 6.53. The molecule has 2 aliphatic carbocycles. The van der Waals surface area contributed by atoms with Gasteiger partial charge in [-0.2, -0.15) is 0 Å². The van der Waals surface area contributed by atoms with Crippen LogP contribution in [-0.4, -0.2) is 47.7 Å². The van der Waals surface area contributed by atoms with Crippen LogP contribution in [0.25, 0.3) is 0 Å². The van der Waals surface area contributed by atoms with Crippen LogP contribution in [0.3, 0.4) is 0 Å². The predicted molar refractivity (Wildman–Crippen MR) is 96.9 cm³/mol. The summed E-state index contributed by atoms with van der Waals surface area (Å²) < 4.78 is 20.7. The van der Waals surface area contributed by atoms with Gasteiger partial charge in [0.05, 0.1) is 0 Å². The van der Waals surface area contributed by atoms with Crippen molar-refractivity contribution >= 4 is 46.4 Å². The van der Waals surface area contributed by atoms with E-state index in [0.29, 0.717) is 26.4 Å². The van der Waals surface area contributed by atoms with Crippen molar-refractivity contribution in [2.75, 3.05) is 26.4 Å². The number of hydrogen-bond acceptors (Lipinski definition) is 4. The highest BCUT2D eigenvalue weighted by atomic mass is 35.5. The molecule has 4 atom stereocenters. The van der Waals surface area contributed by atoms with Gasteiger partial charge < -0.3 is 18.9 Å². The third kappa shape index (κ3) is 3.96. The van der Waals surface area contributed by atoms with Gasteiger partial charge in [-0.1, -0.05) is 0 Å². The summed E-state index contributed by atoms with van der Waals surface area (Å²) in [5, 5.41) is 0. The van der Waals surface area contributed by atoms with Crippen LogP contribution in [-0.2, 0) is 18.9 Å². The highest BCUT2D eigenvalue weighted by Gasteiger charge is 2.82. The normalized spacial score (nSPS) is 33.2. The van der Waals surface area contributed by atoms with Gasteiger partial charge >= 0.3 is 0 Å². The smallest absolute Gasteiger partial charge is 0.163 e. The fourth-order valence-electron chi connectivity index (χ4n) is 3.55. The molecule has 0 heterocycles. The van der Waals surface area contributed by atoms with Gasteiger partial charge in [0.2, 0.25) is 0 Å². The summed E-state index contributed by atoms with van der Waals surface area (Å²) in [7, 11) is 0. The Kier molecular flexibility index (Phi) is 7.41. The monoisotopic (exact) mass is 422 g/mol. The maximum atomic E-state index is 6.53. The van der Waals surface area contributed by atoms with E-state index >= 15 is 0 Å². The molecule has 0 amide bonds. The Morgan fingerprint density at radius 3 is 1.08 bits per heavy atom. The molecule has 0 aromatic heterocycles. The SMILES string of the molecule is CCOC(OCC)C1C(C2C(C(OCC)OCC)C2(Cl)Cl)C1(Cl)Cl. The zero-order valence-electron chi connectivity index (χ0n) is 14.4. The second-order valence-electron chi connectivity index (χ2n) is 6.01. The first kappa shape index (κ1) is 21.3. The predicted octanol–water partition coefficient (Wildman–Crippen LogP) is 4.62. The Morgan fingerprint density at radius 2 is 0.875 bits per heavy atom. The highest BCUT2D eigenvalue weighted by Crippen LogP contribution is 2.77. The van der Waals surface area contributed by atoms with Crippen molar-refractivity contribution in [2.24, 2.45) is 23.7 Å². The minimum Gasteiger partial charge on any atom is -0.353 e. The van der Waals surface area contributed by atoms with Gasteiger partial charge in [0.15, 0.2) is 12.6 Å². The number of alkyl halides is 4. The molecule has 4 unspecified atom stereocenters. The van der Waals surface area contributed by atoms with Crippen LogP contribution in [0.15, 0.2) is 0 Å². The first-order valence-corrected chi connectivity index (χ1v) is 10.0. The third-order valence-corrected chi connectivity index (χ3v) is 6.65. The molecular weight excluding hydrogens is 398 g/mol. The van der Waals surface area contributed by atoms with E-state index in [9.17, 15) is 0 Å². The Labute approximate surface area is 164 Å². The fraction of sp³-hybridized carbons (Fsp3) is 1.00. The maximum absolute atomic E-state index is 6.53. The van der Waals surface area contributed by atoms with Crippen LogP contribution in [0.1, 0.15) is 27.7 Å². The molecule has 24 heavy (non-hydrogen) atoms. The average molecular weight is 424 g/mol. The lowest BCUT2D eigenvalue weighted by Crippen LogP contribution is -2.23. The lowest BCUT2D eigenvalue weighted by atomic mass is 10.1. The van der Waals surface area contributed by atoms with Crippen LogP contribution in [0.2, 0.25) is 0 Å². The van der Waals surface area contributed by atoms with Gasteiger partial charge in [0.25, 0.3) is 0 Å². The summed E-state index contributed by atoms with van der Waals surface area (Å²) in [6.45, 7) is 9.67. The molecule has 0 aliphatic heterocycles. The lowest BCUT2D eigenvalue weighted by molar-refractivity contribution is -0.156. The van der Waals surface area contributed by atoms with Gasteiger partial charge in [0.1, 0.15) is 8.67 Å². The number of halogens is 4. The van der Waals surface area contributed by atoms with E-state index in [-0.39, 0.29) is 23.7 Å². The van der Waals surface area contributed by atoms with Crippen LogP contribution in [0, 0.1) is 23.7 Å². The van der Waals surface area contributed by atoms with Crippen molar-refractivity contribution < 1.29 is 18.9 Å². The summed E-state index contributed by atoms with van der Waals surface area (Å²) >= 11 is 26.1. The van der Waals surface area contributed by atoms with E-state index in [1.807, 2.05) is 27.7 Å². The largest absolute Gasteiger partial charge is 0.353 e. The molecule has 0 N–H and O–H groups in total. The first-order valence-electron chi connectivity index (χ1n) is 8.50. The zero-order valence-corrected chi connectivity index (χ0v) is 17.5. The quantitative estimate of drug-likeness (QED) is 0.358. The number of rotatable bonds is 11. The Morgan fingerprint density at radius 1 is 0.625 bits per heavy atom. The van der Waals surface area contributed by atoms with Crippen molar-refractivity contribution in [3.63, 3.8) is 0 Å². The van der Waals surface area contributed by atoms with Crippen molar-refractivity contribution in [1.82, 2.24) is 0 Å². The molecule has 0 aromatic carbocycles. The average Bonchev–Trinajstić information content (AvgIpc) is 3.26. The molecule has 0 aromatic rings. The van der Waals surface area contributed by atoms with E-state index in [1.165, 1.54) is 0 Å². The standard InChI is InChI=1S/C16H26Cl4O4/c1-5-21-13(22-6-2)11-9(15(11,17)18)10-12(16(10,19)20)14(23-7-3)24-8-4/h9-14H,5-8H2,1-4H3. The maximum Gasteiger partial charge on any atom is 0.163 e. The number of hydrogen-bond donors (Lipinski definition) is 0. The first-order chi connectivity index (χ1) is 11.3. The van der Waals surface area contributed by atoms with Gasteiger partial charge in [0, 0.05) is 50.1 Å². The number of ether oxygens (including phenoxy) is 4. The van der Waals surface area contributed by atoms with Crippen molar-refractivity contribution in [1.29, 1.82) is 0 Å². The lowest BCUT2D eigenvalue weighted by Gasteiger charge is -2.18. The van der Waals surface area contributed by atoms with E-state index < -0.39 is 21.2 Å². The molecule has 2 fully saturated rings.